The van der Waals surface area contributed by atoms with E-state index in [2.05, 4.69) is 15.5 Å². The monoisotopic (exact) mass is 685 g/mol. The van der Waals surface area contributed by atoms with Crippen LogP contribution in [-0.4, -0.2) is 84.7 Å². The summed E-state index contributed by atoms with van der Waals surface area (Å²) in [5.74, 6) is -0.0813. The van der Waals surface area contributed by atoms with Crippen molar-refractivity contribution in [2.75, 3.05) is 25.6 Å². The maximum atomic E-state index is 14.4. The van der Waals surface area contributed by atoms with Crippen LogP contribution in [0.2, 0.25) is 0 Å². The molecular formula is C34H32ClN7O3S2. The first kappa shape index (κ1) is 32.7. The third-order valence-electron chi connectivity index (χ3n) is 7.85. The zero-order valence-corrected chi connectivity index (χ0v) is 28.3. The lowest BCUT2D eigenvalue weighted by molar-refractivity contribution is -0.166. The zero-order valence-electron chi connectivity index (χ0n) is 25.9. The number of nitrogens with zero attached hydrogens (tertiary/aromatic N) is 7. The number of aryl methyl sites for hydroxylation is 1. The van der Waals surface area contributed by atoms with Crippen molar-refractivity contribution in [2.45, 2.75) is 22.3 Å². The predicted octanol–water partition coefficient (Wildman–Crippen LogP) is 5.41. The average molecular weight is 686 g/mol. The molecule has 3 heterocycles. The van der Waals surface area contributed by atoms with Crippen molar-refractivity contribution in [3.8, 4) is 0 Å². The number of halogens is 1. The number of fused-ring (bicyclic) bond motifs is 1. The number of amides is 1. The Labute approximate surface area is 286 Å². The molecule has 2 aliphatic rings. The number of allylic oxidation sites excluding steroid dienone is 1. The minimum atomic E-state index is -1.27. The van der Waals surface area contributed by atoms with E-state index in [1.54, 1.807) is 36.8 Å². The van der Waals surface area contributed by atoms with Gasteiger partial charge in [0, 0.05) is 24.8 Å². The minimum absolute atomic E-state index is 0.219. The maximum Gasteiger partial charge on any atom is 0.356 e. The maximum absolute atomic E-state index is 14.4. The van der Waals surface area contributed by atoms with Crippen LogP contribution in [0.5, 0.6) is 0 Å². The molecule has 3 aromatic carbocycles. The Hall–Kier alpha value is -4.23. The highest BCUT2D eigenvalue weighted by Crippen LogP contribution is 2.50. The molecule has 0 N–H and O–H groups in total. The fourth-order valence-electron chi connectivity index (χ4n) is 5.48. The van der Waals surface area contributed by atoms with Crippen molar-refractivity contribution < 1.29 is 14.3 Å². The van der Waals surface area contributed by atoms with E-state index < -0.39 is 23.1 Å². The van der Waals surface area contributed by atoms with Crippen molar-refractivity contribution >= 4 is 59.3 Å². The molecule has 0 radical (unpaired) electrons. The molecule has 0 aliphatic carbocycles. The highest BCUT2D eigenvalue weighted by Gasteiger charge is 2.66. The summed E-state index contributed by atoms with van der Waals surface area (Å²) in [5.41, 5.74) is 2.24. The molecular weight excluding hydrogens is 654 g/mol. The van der Waals surface area contributed by atoms with Gasteiger partial charge in [-0.2, -0.15) is 0 Å². The molecule has 0 spiro atoms. The number of carbonyl (C=O) groups excluding carboxylic acids is 2. The average Bonchev–Trinajstić information content (AvgIpc) is 3.51. The highest BCUT2D eigenvalue weighted by atomic mass is 35.5. The lowest BCUT2D eigenvalue weighted by Gasteiger charge is -2.57. The third kappa shape index (κ3) is 6.64. The number of rotatable bonds is 11. The Balaban J connectivity index is 1.35. The summed E-state index contributed by atoms with van der Waals surface area (Å²) in [7, 11) is 5.36. The number of hydrogen-bond donors (Lipinski definition) is 0. The topological polar surface area (TPSA) is 106 Å². The summed E-state index contributed by atoms with van der Waals surface area (Å²) in [6.45, 7) is 0. The van der Waals surface area contributed by atoms with Crippen molar-refractivity contribution in [3.63, 3.8) is 0 Å². The van der Waals surface area contributed by atoms with Crippen molar-refractivity contribution in [1.29, 1.82) is 0 Å². The molecule has 47 heavy (non-hydrogen) atoms. The van der Waals surface area contributed by atoms with Crippen LogP contribution < -0.4 is 0 Å². The molecule has 2 aliphatic heterocycles. The van der Waals surface area contributed by atoms with Gasteiger partial charge in [0.25, 0.3) is 5.91 Å². The number of benzene rings is 3. The molecule has 2 atom stereocenters. The SMILES string of the molecule is CN(C)[C@@]1(N=CC(Cl)=Cc2ccccc2)C(=O)N2C(C(=O)OC(c3ccccc3)c3ccccc3)=C(CSc3nnnn3C)CS[C@H]21. The van der Waals surface area contributed by atoms with E-state index in [4.69, 9.17) is 21.3 Å². The Bertz CT molecular complexity index is 1790. The first-order valence-corrected chi connectivity index (χ1v) is 17.2. The van der Waals surface area contributed by atoms with Gasteiger partial charge in [-0.1, -0.05) is 114 Å². The summed E-state index contributed by atoms with van der Waals surface area (Å²) >= 11 is 9.49. The second kappa shape index (κ2) is 14.3. The van der Waals surface area contributed by atoms with Crippen LogP contribution in [0.3, 0.4) is 0 Å². The van der Waals surface area contributed by atoms with E-state index in [1.807, 2.05) is 91.0 Å². The van der Waals surface area contributed by atoms with Gasteiger partial charge in [-0.15, -0.1) is 16.9 Å². The van der Waals surface area contributed by atoms with E-state index in [0.29, 0.717) is 21.7 Å². The van der Waals surface area contributed by atoms with Gasteiger partial charge in [-0.3, -0.25) is 19.6 Å². The summed E-state index contributed by atoms with van der Waals surface area (Å²) in [5, 5.41) is 12.2. The van der Waals surface area contributed by atoms with Crippen LogP contribution in [0.15, 0.2) is 117 Å². The van der Waals surface area contributed by atoms with Crippen LogP contribution >= 0.6 is 35.1 Å². The molecule has 0 bridgehead atoms. The molecule has 1 saturated heterocycles. The van der Waals surface area contributed by atoms with Gasteiger partial charge in [0.15, 0.2) is 6.10 Å². The van der Waals surface area contributed by atoms with Gasteiger partial charge in [-0.05, 0) is 52.9 Å². The second-order valence-corrected chi connectivity index (χ2v) is 13.5. The van der Waals surface area contributed by atoms with Gasteiger partial charge < -0.3 is 4.74 Å². The Kier molecular flexibility index (Phi) is 9.92. The Morgan fingerprint density at radius 3 is 2.28 bits per heavy atom. The first-order valence-electron chi connectivity index (χ1n) is 14.8. The third-order valence-corrected chi connectivity index (χ3v) is 10.5. The number of aliphatic imine (C=N–C) groups is 1. The lowest BCUT2D eigenvalue weighted by Crippen LogP contribution is -2.77. The summed E-state index contributed by atoms with van der Waals surface area (Å²) in [4.78, 5) is 36.7. The van der Waals surface area contributed by atoms with Crippen LogP contribution in [0.25, 0.3) is 6.08 Å². The number of esters is 1. The normalized spacial score (nSPS) is 19.8. The number of β-lactam (4-membered cyclic amide) rings is 1. The zero-order chi connectivity index (χ0) is 33.0. The number of hydrogen-bond acceptors (Lipinski definition) is 10. The minimum Gasteiger partial charge on any atom is -0.448 e. The molecule has 0 unspecified atom stereocenters. The van der Waals surface area contributed by atoms with Crippen molar-refractivity contribution in [3.05, 3.63) is 124 Å². The number of likely N-dealkylation sites (N-methyl/N-ethyl adjacent to an activating group) is 1. The van der Waals surface area contributed by atoms with E-state index in [0.717, 1.165) is 22.3 Å². The number of thioether (sulfide) groups is 2. The number of aromatic nitrogens is 4. The Morgan fingerprint density at radius 1 is 1.09 bits per heavy atom. The largest absolute Gasteiger partial charge is 0.448 e. The smallest absolute Gasteiger partial charge is 0.356 e. The Morgan fingerprint density at radius 2 is 1.70 bits per heavy atom. The standard InChI is InChI=1S/C34H32ClN7O3S2/c1-40(2)34(36-20-27(35)19-23-13-7-4-8-14-23)31(44)42-28(26(21-46-32(34)42)22-47-33-37-38-39-41(33)3)30(43)45-29(24-15-9-5-10-16-24)25-17-11-6-12-18-25/h4-20,29,32H,21-22H2,1-3H3/t32-,34-/m0/s1. The van der Waals surface area contributed by atoms with E-state index >= 15 is 0 Å². The first-order chi connectivity index (χ1) is 22.8. The van der Waals surface area contributed by atoms with Crippen molar-refractivity contribution in [1.82, 2.24) is 30.0 Å². The number of carbonyl (C=O) groups is 2. The molecule has 1 amide bonds. The van der Waals surface area contributed by atoms with Gasteiger partial charge in [-0.25, -0.2) is 9.48 Å². The quantitative estimate of drug-likeness (QED) is 0.0887. The summed E-state index contributed by atoms with van der Waals surface area (Å²) < 4.78 is 7.88. The molecule has 4 aromatic rings. The summed E-state index contributed by atoms with van der Waals surface area (Å²) in [6, 6.07) is 28.8. The second-order valence-electron chi connectivity index (χ2n) is 11.1. The van der Waals surface area contributed by atoms with Crippen LogP contribution in [0.4, 0.5) is 0 Å². The molecule has 0 saturated carbocycles. The van der Waals surface area contributed by atoms with Gasteiger partial charge >= 0.3 is 5.97 Å². The molecule has 1 fully saturated rings. The fraction of sp³-hybridized carbons (Fsp3) is 0.235. The molecule has 1 aromatic heterocycles. The van der Waals surface area contributed by atoms with Crippen molar-refractivity contribution in [2.24, 2.45) is 12.0 Å². The van der Waals surface area contributed by atoms with E-state index in [1.165, 1.54) is 34.6 Å². The summed E-state index contributed by atoms with van der Waals surface area (Å²) in [6.07, 6.45) is 2.62. The van der Waals surface area contributed by atoms with Crippen LogP contribution in [0, 0.1) is 0 Å². The highest BCUT2D eigenvalue weighted by molar-refractivity contribution is 8.01. The van der Waals surface area contributed by atoms with E-state index in [9.17, 15) is 9.59 Å². The van der Waals surface area contributed by atoms with Gasteiger partial charge in [0.2, 0.25) is 10.8 Å². The van der Waals surface area contributed by atoms with Gasteiger partial charge in [0.1, 0.15) is 11.1 Å². The molecule has 6 rings (SSSR count). The van der Waals surface area contributed by atoms with E-state index in [-0.39, 0.29) is 11.6 Å². The van der Waals surface area contributed by atoms with Crippen LogP contribution in [-0.2, 0) is 21.4 Å². The van der Waals surface area contributed by atoms with Gasteiger partial charge in [0.05, 0.1) is 5.03 Å². The fourth-order valence-corrected chi connectivity index (χ4v) is 8.20. The number of tetrazole rings is 1. The number of ether oxygens (including phenoxy) is 1. The molecule has 240 valence electrons. The predicted molar refractivity (Wildman–Crippen MR) is 186 cm³/mol. The lowest BCUT2D eigenvalue weighted by atomic mass is 9.94. The molecule has 13 heteroatoms. The molecule has 10 nitrogen and oxygen atoms in total. The van der Waals surface area contributed by atoms with Crippen LogP contribution in [0.1, 0.15) is 22.8 Å².